The fourth-order valence-electron chi connectivity index (χ4n) is 3.73. The van der Waals surface area contributed by atoms with Crippen molar-refractivity contribution in [3.05, 3.63) is 52.3 Å². The number of benzene rings is 1. The van der Waals surface area contributed by atoms with E-state index >= 15 is 0 Å². The van der Waals surface area contributed by atoms with E-state index in [-0.39, 0.29) is 35.2 Å². The summed E-state index contributed by atoms with van der Waals surface area (Å²) < 4.78 is 1.45. The second kappa shape index (κ2) is 9.51. The van der Waals surface area contributed by atoms with Crippen molar-refractivity contribution < 1.29 is 14.5 Å². The van der Waals surface area contributed by atoms with Gasteiger partial charge in [-0.25, -0.2) is 4.68 Å². The normalized spacial score (nSPS) is 17.4. The van der Waals surface area contributed by atoms with Gasteiger partial charge in [-0.2, -0.15) is 5.10 Å². The summed E-state index contributed by atoms with van der Waals surface area (Å²) in [6, 6.07) is 7.78. The van der Waals surface area contributed by atoms with Crippen LogP contribution in [0.4, 0.5) is 5.69 Å². The highest BCUT2D eigenvalue weighted by atomic mass is 16.6. The van der Waals surface area contributed by atoms with Crippen molar-refractivity contribution in [1.29, 1.82) is 0 Å². The van der Waals surface area contributed by atoms with Gasteiger partial charge in [0.2, 0.25) is 5.91 Å². The highest BCUT2D eigenvalue weighted by Gasteiger charge is 2.30. The number of carbonyl (C=O) groups is 2. The number of non-ortho nitro benzene ring substituents is 1. The number of piperidine rings is 1. The second-order valence-electron chi connectivity index (χ2n) is 7.71. The van der Waals surface area contributed by atoms with Crippen LogP contribution < -0.4 is 5.32 Å². The molecule has 1 aliphatic rings. The van der Waals surface area contributed by atoms with E-state index in [1.165, 1.54) is 16.8 Å². The average molecular weight is 413 g/mol. The van der Waals surface area contributed by atoms with Crippen LogP contribution in [0, 0.1) is 16.0 Å². The number of aromatic nitrogens is 2. The molecule has 9 heteroatoms. The van der Waals surface area contributed by atoms with Gasteiger partial charge in [-0.15, -0.1) is 0 Å². The SMILES string of the molecule is CCC[C@H](C)NC(=O)[C@@H]1CCCN(C(=O)c2ccn(-c3cccc([N+](=O)[O-])c3)n2)C1. The van der Waals surface area contributed by atoms with Crippen molar-refractivity contribution in [2.24, 2.45) is 5.92 Å². The Hall–Kier alpha value is -3.23. The molecule has 0 unspecified atom stereocenters. The first-order chi connectivity index (χ1) is 14.4. The van der Waals surface area contributed by atoms with Gasteiger partial charge in [0.25, 0.3) is 11.6 Å². The summed E-state index contributed by atoms with van der Waals surface area (Å²) in [4.78, 5) is 37.6. The minimum Gasteiger partial charge on any atom is -0.353 e. The zero-order valence-corrected chi connectivity index (χ0v) is 17.3. The van der Waals surface area contributed by atoms with Gasteiger partial charge in [-0.05, 0) is 38.3 Å². The maximum absolute atomic E-state index is 12.9. The minimum atomic E-state index is -0.473. The molecule has 1 aromatic carbocycles. The maximum atomic E-state index is 12.9. The number of amides is 2. The summed E-state index contributed by atoms with van der Waals surface area (Å²) >= 11 is 0. The molecular formula is C21H27N5O4. The van der Waals surface area contributed by atoms with Crippen molar-refractivity contribution in [2.45, 2.75) is 45.6 Å². The average Bonchev–Trinajstić information content (AvgIpc) is 3.24. The van der Waals surface area contributed by atoms with Crippen LogP contribution in [0.3, 0.4) is 0 Å². The number of carbonyl (C=O) groups excluding carboxylic acids is 2. The summed E-state index contributed by atoms with van der Waals surface area (Å²) in [6.45, 7) is 5.02. The zero-order valence-electron chi connectivity index (χ0n) is 17.3. The second-order valence-corrected chi connectivity index (χ2v) is 7.71. The van der Waals surface area contributed by atoms with Gasteiger partial charge >= 0.3 is 0 Å². The van der Waals surface area contributed by atoms with Gasteiger partial charge in [-0.1, -0.05) is 19.4 Å². The van der Waals surface area contributed by atoms with E-state index in [0.717, 1.165) is 25.7 Å². The molecule has 1 saturated heterocycles. The molecule has 0 aliphatic carbocycles. The first-order valence-electron chi connectivity index (χ1n) is 10.3. The Labute approximate surface area is 175 Å². The van der Waals surface area contributed by atoms with E-state index in [0.29, 0.717) is 18.8 Å². The van der Waals surface area contributed by atoms with Gasteiger partial charge in [0.1, 0.15) is 0 Å². The maximum Gasteiger partial charge on any atom is 0.274 e. The highest BCUT2D eigenvalue weighted by Crippen LogP contribution is 2.20. The molecule has 160 valence electrons. The first kappa shape index (κ1) is 21.5. The molecule has 2 heterocycles. The van der Waals surface area contributed by atoms with E-state index < -0.39 is 4.92 Å². The molecule has 1 aromatic heterocycles. The van der Waals surface area contributed by atoms with Crippen LogP contribution in [0.2, 0.25) is 0 Å². The minimum absolute atomic E-state index is 0.00410. The molecule has 0 bridgehead atoms. The van der Waals surface area contributed by atoms with E-state index in [1.54, 1.807) is 29.3 Å². The van der Waals surface area contributed by atoms with Crippen LogP contribution in [-0.4, -0.2) is 50.5 Å². The molecule has 0 spiro atoms. The van der Waals surface area contributed by atoms with Crippen molar-refractivity contribution in [3.8, 4) is 5.69 Å². The molecular weight excluding hydrogens is 386 g/mol. The molecule has 0 radical (unpaired) electrons. The van der Waals surface area contributed by atoms with Crippen molar-refractivity contribution in [1.82, 2.24) is 20.0 Å². The Balaban J connectivity index is 1.67. The third kappa shape index (κ3) is 5.03. The highest BCUT2D eigenvalue weighted by molar-refractivity contribution is 5.93. The van der Waals surface area contributed by atoms with Crippen LogP contribution >= 0.6 is 0 Å². The Kier molecular flexibility index (Phi) is 6.81. The van der Waals surface area contributed by atoms with Gasteiger partial charge in [-0.3, -0.25) is 19.7 Å². The van der Waals surface area contributed by atoms with Gasteiger partial charge < -0.3 is 10.2 Å². The quantitative estimate of drug-likeness (QED) is 0.554. The molecule has 3 rings (SSSR count). The lowest BCUT2D eigenvalue weighted by Gasteiger charge is -2.32. The predicted octanol–water partition coefficient (Wildman–Crippen LogP) is 2.94. The zero-order chi connectivity index (χ0) is 21.7. The molecule has 2 amide bonds. The summed E-state index contributed by atoms with van der Waals surface area (Å²) in [5, 5.41) is 18.3. The lowest BCUT2D eigenvalue weighted by Crippen LogP contribution is -2.47. The largest absolute Gasteiger partial charge is 0.353 e. The number of nitro benzene ring substituents is 1. The van der Waals surface area contributed by atoms with Crippen molar-refractivity contribution >= 4 is 17.5 Å². The number of rotatable bonds is 7. The Morgan fingerprint density at radius 2 is 2.17 bits per heavy atom. The Morgan fingerprint density at radius 1 is 1.37 bits per heavy atom. The monoisotopic (exact) mass is 413 g/mol. The smallest absolute Gasteiger partial charge is 0.274 e. The van der Waals surface area contributed by atoms with Crippen LogP contribution in [0.25, 0.3) is 5.69 Å². The first-order valence-corrected chi connectivity index (χ1v) is 10.3. The number of nitro groups is 1. The Morgan fingerprint density at radius 3 is 2.90 bits per heavy atom. The molecule has 0 saturated carbocycles. The molecule has 1 aliphatic heterocycles. The van der Waals surface area contributed by atoms with Gasteiger partial charge in [0.15, 0.2) is 5.69 Å². The fraction of sp³-hybridized carbons (Fsp3) is 0.476. The number of nitrogens with one attached hydrogen (secondary N) is 1. The van der Waals surface area contributed by atoms with Crippen LogP contribution in [0.15, 0.2) is 36.5 Å². The molecule has 1 N–H and O–H groups in total. The standard InChI is InChI=1S/C21H27N5O4/c1-3-6-15(2)22-20(27)16-7-5-11-24(14-16)21(28)19-10-12-25(23-19)17-8-4-9-18(13-17)26(29)30/h4,8-10,12-13,15-16H,3,5-7,11,14H2,1-2H3,(H,22,27)/t15-,16+/m0/s1. The van der Waals surface area contributed by atoms with Crippen molar-refractivity contribution in [3.63, 3.8) is 0 Å². The van der Waals surface area contributed by atoms with E-state index in [1.807, 2.05) is 6.92 Å². The molecule has 2 aromatic rings. The lowest BCUT2D eigenvalue weighted by atomic mass is 9.96. The van der Waals surface area contributed by atoms with Gasteiger partial charge in [0, 0.05) is 37.5 Å². The number of likely N-dealkylation sites (tertiary alicyclic amines) is 1. The lowest BCUT2D eigenvalue weighted by molar-refractivity contribution is -0.384. The van der Waals surface area contributed by atoms with Crippen LogP contribution in [-0.2, 0) is 4.79 Å². The predicted molar refractivity (Wildman–Crippen MR) is 111 cm³/mol. The fourth-order valence-corrected chi connectivity index (χ4v) is 3.73. The summed E-state index contributed by atoms with van der Waals surface area (Å²) in [6.07, 6.45) is 5.06. The topological polar surface area (TPSA) is 110 Å². The Bertz CT molecular complexity index is 926. The van der Waals surface area contributed by atoms with Crippen molar-refractivity contribution in [2.75, 3.05) is 13.1 Å². The number of hydrogen-bond donors (Lipinski definition) is 1. The third-order valence-electron chi connectivity index (χ3n) is 5.30. The van der Waals surface area contributed by atoms with Crippen LogP contribution in [0.5, 0.6) is 0 Å². The number of nitrogens with zero attached hydrogens (tertiary/aromatic N) is 4. The van der Waals surface area contributed by atoms with E-state index in [9.17, 15) is 19.7 Å². The summed E-state index contributed by atoms with van der Waals surface area (Å²) in [7, 11) is 0. The van der Waals surface area contributed by atoms with E-state index in [4.69, 9.17) is 0 Å². The molecule has 9 nitrogen and oxygen atoms in total. The summed E-state index contributed by atoms with van der Waals surface area (Å²) in [5.74, 6) is -0.463. The van der Waals surface area contributed by atoms with Crippen LogP contribution in [0.1, 0.15) is 50.0 Å². The summed E-state index contributed by atoms with van der Waals surface area (Å²) in [5.41, 5.74) is 0.712. The number of hydrogen-bond acceptors (Lipinski definition) is 5. The third-order valence-corrected chi connectivity index (χ3v) is 5.30. The van der Waals surface area contributed by atoms with E-state index in [2.05, 4.69) is 17.3 Å². The molecule has 30 heavy (non-hydrogen) atoms. The molecule has 1 fully saturated rings. The molecule has 2 atom stereocenters. The van der Waals surface area contributed by atoms with Gasteiger partial charge in [0.05, 0.1) is 16.5 Å².